The average Bonchev–Trinajstić information content (AvgIpc) is 3.35. The van der Waals surface area contributed by atoms with Gasteiger partial charge in [-0.1, -0.05) is 11.2 Å². The zero-order valence-corrected chi connectivity index (χ0v) is 19.7. The minimum atomic E-state index is -4.51. The number of hydrogen-bond donors (Lipinski definition) is 2. The zero-order valence-electron chi connectivity index (χ0n) is 18.1. The number of hydrogen-bond acceptors (Lipinski definition) is 7. The number of carbonyl (C=O) groups excluding carboxylic acids is 2. The third kappa shape index (κ3) is 6.56. The maximum absolute atomic E-state index is 12.7. The van der Waals surface area contributed by atoms with Crippen LogP contribution in [0, 0.1) is 13.8 Å². The molecule has 182 valence electrons. The van der Waals surface area contributed by atoms with E-state index in [9.17, 15) is 22.8 Å². The normalized spacial score (nSPS) is 11.4. The summed E-state index contributed by atoms with van der Waals surface area (Å²) in [5.74, 6) is -1.25. The topological polar surface area (TPSA) is 124 Å². The molecule has 2 amide bonds. The molecule has 3 aromatic rings. The summed E-state index contributed by atoms with van der Waals surface area (Å²) in [6.07, 6.45) is -4.51. The van der Waals surface area contributed by atoms with Crippen LogP contribution in [0.5, 0.6) is 5.75 Å². The summed E-state index contributed by atoms with van der Waals surface area (Å²) in [7, 11) is 0. The molecule has 0 bridgehead atoms. The van der Waals surface area contributed by atoms with Crippen LogP contribution in [0.25, 0.3) is 0 Å². The van der Waals surface area contributed by atoms with Crippen LogP contribution in [-0.2, 0) is 17.5 Å². The second-order valence-corrected chi connectivity index (χ2v) is 7.87. The van der Waals surface area contributed by atoms with Gasteiger partial charge in [0.25, 0.3) is 5.91 Å². The number of carbonyl (C=O) groups is 2. The van der Waals surface area contributed by atoms with Gasteiger partial charge in [0.2, 0.25) is 0 Å². The van der Waals surface area contributed by atoms with Crippen LogP contribution in [0.15, 0.2) is 33.3 Å². The number of ether oxygens (including phenoxy) is 1. The highest BCUT2D eigenvalue weighted by Gasteiger charge is 2.30. The molecule has 34 heavy (non-hydrogen) atoms. The smallest absolute Gasteiger partial charge is 0.416 e. The first-order valence-corrected chi connectivity index (χ1v) is 10.7. The van der Waals surface area contributed by atoms with Crippen LogP contribution in [0.3, 0.4) is 0 Å². The van der Waals surface area contributed by atoms with E-state index in [1.165, 1.54) is 12.1 Å². The standard InChI is InChI=1S/C20H20BrF3N6O4/c1-11-17(21)12(2)30(28-11)9-15-27-19(34-29-15)18(32)26-7-6-25-16(31)10-33-14-5-3-4-13(8-14)20(22,23)24/h3-5,8H,6-7,9-10H2,1-2H3,(H,25,31)(H,26,32). The molecule has 0 aliphatic rings. The summed E-state index contributed by atoms with van der Waals surface area (Å²) in [5.41, 5.74) is 0.808. The maximum atomic E-state index is 12.7. The lowest BCUT2D eigenvalue weighted by atomic mass is 10.2. The molecule has 0 unspecified atom stereocenters. The molecule has 14 heteroatoms. The number of nitrogens with zero attached hydrogens (tertiary/aromatic N) is 4. The van der Waals surface area contributed by atoms with Gasteiger partial charge in [-0.15, -0.1) is 0 Å². The minimum absolute atomic E-state index is 0.0518. The summed E-state index contributed by atoms with van der Waals surface area (Å²) >= 11 is 3.43. The van der Waals surface area contributed by atoms with Crippen molar-refractivity contribution in [1.29, 1.82) is 0 Å². The molecule has 0 spiro atoms. The highest BCUT2D eigenvalue weighted by atomic mass is 79.9. The molecule has 0 aliphatic carbocycles. The second kappa shape index (κ2) is 10.7. The van der Waals surface area contributed by atoms with Crippen LogP contribution in [-0.4, -0.2) is 51.4 Å². The second-order valence-electron chi connectivity index (χ2n) is 7.08. The van der Waals surface area contributed by atoms with E-state index >= 15 is 0 Å². The summed E-state index contributed by atoms with van der Waals surface area (Å²) in [6, 6.07) is 4.21. The van der Waals surface area contributed by atoms with Gasteiger partial charge in [0.05, 0.1) is 21.4 Å². The number of nitrogens with one attached hydrogen (secondary N) is 2. The monoisotopic (exact) mass is 544 g/mol. The van der Waals surface area contributed by atoms with Gasteiger partial charge < -0.3 is 19.9 Å². The van der Waals surface area contributed by atoms with Crippen molar-refractivity contribution in [2.45, 2.75) is 26.6 Å². The Morgan fingerprint density at radius 3 is 2.62 bits per heavy atom. The summed E-state index contributed by atoms with van der Waals surface area (Å²) < 4.78 is 50.7. The third-order valence-electron chi connectivity index (χ3n) is 4.51. The molecule has 0 saturated heterocycles. The Labute approximate surface area is 200 Å². The number of benzene rings is 1. The SMILES string of the molecule is Cc1nn(Cc2noc(C(=O)NCCNC(=O)COc3cccc(C(F)(F)F)c3)n2)c(C)c1Br. The Bertz CT molecular complexity index is 1180. The van der Waals surface area contributed by atoms with Crippen molar-refractivity contribution in [1.82, 2.24) is 30.6 Å². The van der Waals surface area contributed by atoms with Gasteiger partial charge in [-0.25, -0.2) is 0 Å². The molecule has 0 aliphatic heterocycles. The fraction of sp³-hybridized carbons (Fsp3) is 0.350. The van der Waals surface area contributed by atoms with E-state index in [4.69, 9.17) is 9.26 Å². The molecule has 2 N–H and O–H groups in total. The summed E-state index contributed by atoms with van der Waals surface area (Å²) in [6.45, 7) is 3.56. The van der Waals surface area contributed by atoms with E-state index in [1.807, 2.05) is 13.8 Å². The van der Waals surface area contributed by atoms with Crippen molar-refractivity contribution < 1.29 is 32.0 Å². The molecular weight excluding hydrogens is 525 g/mol. The van der Waals surface area contributed by atoms with Crippen molar-refractivity contribution in [2.24, 2.45) is 0 Å². The quantitative estimate of drug-likeness (QED) is 0.397. The number of aryl methyl sites for hydroxylation is 1. The zero-order chi connectivity index (χ0) is 24.9. The average molecular weight is 545 g/mol. The van der Waals surface area contributed by atoms with Gasteiger partial charge in [0, 0.05) is 13.1 Å². The third-order valence-corrected chi connectivity index (χ3v) is 5.66. The lowest BCUT2D eigenvalue weighted by Gasteiger charge is -2.10. The molecule has 0 radical (unpaired) electrons. The van der Waals surface area contributed by atoms with Gasteiger partial charge in [0.15, 0.2) is 12.4 Å². The Hall–Kier alpha value is -3.42. The van der Waals surface area contributed by atoms with E-state index in [-0.39, 0.29) is 37.1 Å². The number of amides is 2. The molecule has 1 aromatic carbocycles. The molecule has 0 saturated carbocycles. The van der Waals surface area contributed by atoms with Gasteiger partial charge in [-0.2, -0.15) is 23.3 Å². The van der Waals surface area contributed by atoms with Crippen molar-refractivity contribution in [2.75, 3.05) is 19.7 Å². The summed E-state index contributed by atoms with van der Waals surface area (Å²) in [4.78, 5) is 28.0. The van der Waals surface area contributed by atoms with E-state index in [1.54, 1.807) is 4.68 Å². The highest BCUT2D eigenvalue weighted by Crippen LogP contribution is 2.31. The van der Waals surface area contributed by atoms with E-state index in [0.717, 1.165) is 28.0 Å². The van der Waals surface area contributed by atoms with E-state index in [0.29, 0.717) is 0 Å². The largest absolute Gasteiger partial charge is 0.484 e. The van der Waals surface area contributed by atoms with E-state index in [2.05, 4.69) is 41.8 Å². The number of rotatable bonds is 9. The van der Waals surface area contributed by atoms with Crippen molar-refractivity contribution >= 4 is 27.7 Å². The number of alkyl halides is 3. The Kier molecular flexibility index (Phi) is 7.91. The number of aromatic nitrogens is 4. The predicted octanol–water partition coefficient (Wildman–Crippen LogP) is 2.64. The van der Waals surface area contributed by atoms with E-state index < -0.39 is 30.2 Å². The first-order chi connectivity index (χ1) is 16.0. The number of halogens is 4. The molecule has 2 heterocycles. The first kappa shape index (κ1) is 25.2. The fourth-order valence-corrected chi connectivity index (χ4v) is 3.07. The minimum Gasteiger partial charge on any atom is -0.484 e. The van der Waals surface area contributed by atoms with Crippen LogP contribution in [0.2, 0.25) is 0 Å². The van der Waals surface area contributed by atoms with Crippen molar-refractivity contribution in [3.63, 3.8) is 0 Å². The molecule has 0 atom stereocenters. The Balaban J connectivity index is 1.39. The van der Waals surface area contributed by atoms with Gasteiger partial charge in [-0.3, -0.25) is 14.3 Å². The van der Waals surface area contributed by atoms with Crippen LogP contribution < -0.4 is 15.4 Å². The lowest BCUT2D eigenvalue weighted by molar-refractivity contribution is -0.137. The molecule has 10 nitrogen and oxygen atoms in total. The molecule has 2 aromatic heterocycles. The van der Waals surface area contributed by atoms with Crippen molar-refractivity contribution in [3.05, 3.63) is 57.4 Å². The van der Waals surface area contributed by atoms with Crippen molar-refractivity contribution in [3.8, 4) is 5.75 Å². The molecular formula is C20H20BrF3N6O4. The predicted molar refractivity (Wildman–Crippen MR) is 115 cm³/mol. The van der Waals surface area contributed by atoms with Crippen LogP contribution in [0.1, 0.15) is 33.5 Å². The summed E-state index contributed by atoms with van der Waals surface area (Å²) in [5, 5.41) is 13.1. The van der Waals surface area contributed by atoms with Gasteiger partial charge >= 0.3 is 18.0 Å². The van der Waals surface area contributed by atoms with Crippen LogP contribution in [0.4, 0.5) is 13.2 Å². The fourth-order valence-electron chi connectivity index (χ4n) is 2.79. The maximum Gasteiger partial charge on any atom is 0.416 e. The lowest BCUT2D eigenvalue weighted by Crippen LogP contribution is -2.36. The molecule has 3 rings (SSSR count). The Morgan fingerprint density at radius 1 is 1.21 bits per heavy atom. The highest BCUT2D eigenvalue weighted by molar-refractivity contribution is 9.10. The Morgan fingerprint density at radius 2 is 1.94 bits per heavy atom. The van der Waals surface area contributed by atoms with Gasteiger partial charge in [-0.05, 0) is 48.0 Å². The molecule has 0 fully saturated rings. The van der Waals surface area contributed by atoms with Crippen LogP contribution >= 0.6 is 15.9 Å². The van der Waals surface area contributed by atoms with Gasteiger partial charge in [0.1, 0.15) is 12.3 Å². The first-order valence-electron chi connectivity index (χ1n) is 9.91.